The van der Waals surface area contributed by atoms with Crippen molar-refractivity contribution in [3.05, 3.63) is 6.33 Å². The second kappa shape index (κ2) is 5.66. The molecule has 114 valence electrons. The molecule has 1 aliphatic rings. The summed E-state index contributed by atoms with van der Waals surface area (Å²) in [5.41, 5.74) is 6.92. The summed E-state index contributed by atoms with van der Waals surface area (Å²) in [6.07, 6.45) is 0.691. The molecule has 9 heteroatoms. The maximum Gasteiger partial charge on any atom is 0.206 e. The standard InChI is InChI=1S/C12H18N6O2S/c1-2-3-14-12-17-7-9(13)15-5-16-10(7)18(12)11-8(20)6(19)4-21-11/h5-6,8,11,19-20H,2-4H2,1H3,(H,14,17)(H2,13,15,16)/t6-,8-,11-/m1/s1. The zero-order chi connectivity index (χ0) is 15.0. The summed E-state index contributed by atoms with van der Waals surface area (Å²) in [6, 6.07) is 0. The molecule has 0 aliphatic carbocycles. The Morgan fingerprint density at radius 2 is 2.29 bits per heavy atom. The predicted octanol–water partition coefficient (Wildman–Crippen LogP) is 0.198. The number of nitrogens with zero attached hydrogens (tertiary/aromatic N) is 4. The van der Waals surface area contributed by atoms with Crippen molar-refractivity contribution < 1.29 is 10.2 Å². The van der Waals surface area contributed by atoms with E-state index < -0.39 is 12.2 Å². The van der Waals surface area contributed by atoms with Crippen molar-refractivity contribution in [1.29, 1.82) is 0 Å². The highest BCUT2D eigenvalue weighted by atomic mass is 32.2. The molecule has 0 amide bonds. The van der Waals surface area contributed by atoms with Gasteiger partial charge in [-0.1, -0.05) is 6.92 Å². The molecule has 2 aromatic heterocycles. The van der Waals surface area contributed by atoms with Crippen LogP contribution in [0.2, 0.25) is 0 Å². The van der Waals surface area contributed by atoms with E-state index in [0.717, 1.165) is 13.0 Å². The molecule has 0 radical (unpaired) electrons. The number of aliphatic hydroxyl groups excluding tert-OH is 2. The summed E-state index contributed by atoms with van der Waals surface area (Å²) < 4.78 is 1.80. The number of aromatic nitrogens is 4. The van der Waals surface area contributed by atoms with E-state index in [0.29, 0.717) is 28.7 Å². The number of fused-ring (bicyclic) bond motifs is 1. The van der Waals surface area contributed by atoms with Gasteiger partial charge in [-0.2, -0.15) is 0 Å². The smallest absolute Gasteiger partial charge is 0.206 e. The summed E-state index contributed by atoms with van der Waals surface area (Å²) in [4.78, 5) is 12.6. The van der Waals surface area contributed by atoms with Gasteiger partial charge in [0.1, 0.15) is 17.8 Å². The normalized spacial score (nSPS) is 25.6. The van der Waals surface area contributed by atoms with E-state index in [1.807, 2.05) is 0 Å². The fourth-order valence-electron chi connectivity index (χ4n) is 2.34. The molecule has 0 unspecified atom stereocenters. The van der Waals surface area contributed by atoms with Crippen molar-refractivity contribution in [2.75, 3.05) is 23.3 Å². The van der Waals surface area contributed by atoms with E-state index in [-0.39, 0.29) is 5.37 Å². The molecule has 3 rings (SSSR count). The number of hydrogen-bond donors (Lipinski definition) is 4. The summed E-state index contributed by atoms with van der Waals surface area (Å²) in [5, 5.41) is 22.8. The van der Waals surface area contributed by atoms with Crippen LogP contribution < -0.4 is 11.1 Å². The first-order valence-corrected chi connectivity index (χ1v) is 7.88. The fourth-order valence-corrected chi connectivity index (χ4v) is 3.66. The molecule has 2 aromatic rings. The monoisotopic (exact) mass is 310 g/mol. The molecule has 1 fully saturated rings. The van der Waals surface area contributed by atoms with Crippen molar-refractivity contribution in [1.82, 2.24) is 19.5 Å². The highest BCUT2D eigenvalue weighted by Gasteiger charge is 2.38. The van der Waals surface area contributed by atoms with Gasteiger partial charge in [-0.3, -0.25) is 4.57 Å². The molecule has 0 saturated carbocycles. The van der Waals surface area contributed by atoms with Gasteiger partial charge < -0.3 is 21.3 Å². The number of anilines is 2. The molecular formula is C12H18N6O2S. The van der Waals surface area contributed by atoms with Gasteiger partial charge in [-0.15, -0.1) is 11.8 Å². The van der Waals surface area contributed by atoms with Gasteiger partial charge >= 0.3 is 0 Å². The number of hydrogen-bond acceptors (Lipinski definition) is 8. The summed E-state index contributed by atoms with van der Waals surface area (Å²) in [6.45, 7) is 2.80. The number of thioether (sulfide) groups is 1. The van der Waals surface area contributed by atoms with E-state index in [1.165, 1.54) is 18.1 Å². The van der Waals surface area contributed by atoms with Crippen molar-refractivity contribution in [3.63, 3.8) is 0 Å². The lowest BCUT2D eigenvalue weighted by atomic mass is 10.2. The van der Waals surface area contributed by atoms with Crippen molar-refractivity contribution in [3.8, 4) is 0 Å². The Hall–Kier alpha value is -1.58. The average molecular weight is 310 g/mol. The third-order valence-corrected chi connectivity index (χ3v) is 4.78. The van der Waals surface area contributed by atoms with Crippen molar-refractivity contribution in [2.45, 2.75) is 30.9 Å². The van der Waals surface area contributed by atoms with E-state index in [9.17, 15) is 10.2 Å². The number of imidazole rings is 1. The number of nitrogens with two attached hydrogens (primary N) is 1. The van der Waals surface area contributed by atoms with Gasteiger partial charge in [0.15, 0.2) is 17.0 Å². The maximum absolute atomic E-state index is 10.2. The summed E-state index contributed by atoms with van der Waals surface area (Å²) in [5.74, 6) is 1.36. The van der Waals surface area contributed by atoms with Gasteiger partial charge in [0, 0.05) is 12.3 Å². The molecule has 0 bridgehead atoms. The highest BCUT2D eigenvalue weighted by Crippen LogP contribution is 2.40. The zero-order valence-corrected chi connectivity index (χ0v) is 12.4. The van der Waals surface area contributed by atoms with Crippen LogP contribution in [0.5, 0.6) is 0 Å². The Labute approximate surface area is 125 Å². The molecule has 3 heterocycles. The molecule has 0 aromatic carbocycles. The van der Waals surface area contributed by atoms with E-state index in [1.54, 1.807) is 4.57 Å². The third kappa shape index (κ3) is 2.41. The molecule has 21 heavy (non-hydrogen) atoms. The topological polar surface area (TPSA) is 122 Å². The highest BCUT2D eigenvalue weighted by molar-refractivity contribution is 7.99. The molecule has 5 N–H and O–H groups in total. The summed E-state index contributed by atoms with van der Waals surface area (Å²) >= 11 is 1.47. The lowest BCUT2D eigenvalue weighted by Crippen LogP contribution is -2.28. The Bertz CT molecular complexity index is 648. The van der Waals surface area contributed by atoms with Crippen LogP contribution in [0.1, 0.15) is 18.7 Å². The van der Waals surface area contributed by atoms with Gasteiger partial charge in [-0.25, -0.2) is 15.0 Å². The van der Waals surface area contributed by atoms with Gasteiger partial charge in [0.2, 0.25) is 5.95 Å². The van der Waals surface area contributed by atoms with Crippen LogP contribution in [0.15, 0.2) is 6.33 Å². The number of rotatable bonds is 4. The largest absolute Gasteiger partial charge is 0.389 e. The Kier molecular flexibility index (Phi) is 3.87. The predicted molar refractivity (Wildman–Crippen MR) is 82.0 cm³/mol. The first-order chi connectivity index (χ1) is 10.1. The number of nitrogen functional groups attached to an aromatic ring is 1. The Balaban J connectivity index is 2.11. The van der Waals surface area contributed by atoms with Crippen LogP contribution >= 0.6 is 11.8 Å². The van der Waals surface area contributed by atoms with Gasteiger partial charge in [-0.05, 0) is 6.42 Å². The van der Waals surface area contributed by atoms with Crippen molar-refractivity contribution >= 4 is 34.7 Å². The van der Waals surface area contributed by atoms with Crippen LogP contribution in [-0.4, -0.2) is 54.2 Å². The van der Waals surface area contributed by atoms with Gasteiger partial charge in [0.05, 0.1) is 6.10 Å². The summed E-state index contributed by atoms with van der Waals surface area (Å²) in [7, 11) is 0. The van der Waals surface area contributed by atoms with Crippen molar-refractivity contribution in [2.24, 2.45) is 0 Å². The van der Waals surface area contributed by atoms with E-state index >= 15 is 0 Å². The van der Waals surface area contributed by atoms with Crippen LogP contribution in [0.25, 0.3) is 11.2 Å². The van der Waals surface area contributed by atoms with Crippen LogP contribution in [-0.2, 0) is 0 Å². The lowest BCUT2D eigenvalue weighted by Gasteiger charge is -2.20. The number of nitrogens with one attached hydrogen (secondary N) is 1. The molecule has 0 spiro atoms. The second-order valence-electron chi connectivity index (χ2n) is 4.95. The van der Waals surface area contributed by atoms with Crippen LogP contribution in [0.3, 0.4) is 0 Å². The Morgan fingerprint density at radius 3 is 2.95 bits per heavy atom. The molecule has 8 nitrogen and oxygen atoms in total. The second-order valence-corrected chi connectivity index (χ2v) is 6.09. The zero-order valence-electron chi connectivity index (χ0n) is 11.6. The average Bonchev–Trinajstić information content (AvgIpc) is 2.99. The van der Waals surface area contributed by atoms with E-state index in [4.69, 9.17) is 5.73 Å². The van der Waals surface area contributed by atoms with Crippen LogP contribution in [0, 0.1) is 0 Å². The maximum atomic E-state index is 10.2. The third-order valence-electron chi connectivity index (χ3n) is 3.42. The minimum absolute atomic E-state index is 0.302. The molecular weight excluding hydrogens is 292 g/mol. The minimum Gasteiger partial charge on any atom is -0.389 e. The SMILES string of the molecule is CCCNc1nc2c(N)ncnc2n1[C@@H]1SC[C@@H](O)[C@H]1O. The minimum atomic E-state index is -0.870. The fraction of sp³-hybridized carbons (Fsp3) is 0.583. The molecule has 1 aliphatic heterocycles. The molecule has 1 saturated heterocycles. The lowest BCUT2D eigenvalue weighted by molar-refractivity contribution is 0.0317. The number of aliphatic hydroxyl groups is 2. The van der Waals surface area contributed by atoms with Gasteiger partial charge in [0.25, 0.3) is 0 Å². The first-order valence-electron chi connectivity index (χ1n) is 6.83. The van der Waals surface area contributed by atoms with E-state index in [2.05, 4.69) is 27.2 Å². The first kappa shape index (κ1) is 14.4. The quantitative estimate of drug-likeness (QED) is 0.631. The Morgan fingerprint density at radius 1 is 1.48 bits per heavy atom. The molecule has 3 atom stereocenters. The van der Waals surface area contributed by atoms with Crippen LogP contribution in [0.4, 0.5) is 11.8 Å².